The monoisotopic (exact) mass is 185 g/mol. The number of hydrogen-bond donors (Lipinski definition) is 1. The van der Waals surface area contributed by atoms with Gasteiger partial charge in [0.1, 0.15) is 5.82 Å². The molecule has 0 fully saturated rings. The fraction of sp³-hybridized carbons (Fsp3) is 0.500. The van der Waals surface area contributed by atoms with E-state index in [1.807, 2.05) is 6.92 Å². The lowest BCUT2D eigenvalue weighted by Gasteiger charge is -2.05. The Kier molecular flexibility index (Phi) is 3.44. The number of halogens is 1. The summed E-state index contributed by atoms with van der Waals surface area (Å²) in [6.45, 7) is 2.04. The van der Waals surface area contributed by atoms with Crippen LogP contribution in [0.1, 0.15) is 19.2 Å². The Balaban J connectivity index is 2.58. The predicted octanol–water partition coefficient (Wildman–Crippen LogP) is 1.41. The molecule has 1 heterocycles. The maximum Gasteiger partial charge on any atom is 0.129 e. The maximum atomic E-state index is 5.73. The zero-order valence-corrected chi connectivity index (χ0v) is 7.75. The molecule has 1 atom stereocenters. The second kappa shape index (κ2) is 4.38. The first-order valence-corrected chi connectivity index (χ1v) is 4.32. The van der Waals surface area contributed by atoms with Gasteiger partial charge in [0, 0.05) is 24.9 Å². The van der Waals surface area contributed by atoms with Crippen molar-refractivity contribution in [2.24, 2.45) is 5.73 Å². The van der Waals surface area contributed by atoms with Gasteiger partial charge >= 0.3 is 0 Å². The molecule has 0 aliphatic heterocycles. The van der Waals surface area contributed by atoms with Crippen molar-refractivity contribution in [1.82, 2.24) is 9.97 Å². The fourth-order valence-electron chi connectivity index (χ4n) is 0.823. The van der Waals surface area contributed by atoms with E-state index in [-0.39, 0.29) is 6.04 Å². The largest absolute Gasteiger partial charge is 0.327 e. The van der Waals surface area contributed by atoms with Crippen LogP contribution in [0.2, 0.25) is 5.02 Å². The molecule has 66 valence electrons. The molecule has 0 saturated carbocycles. The normalized spacial score (nSPS) is 12.9. The smallest absolute Gasteiger partial charge is 0.129 e. The Morgan fingerprint density at radius 1 is 1.50 bits per heavy atom. The Labute approximate surface area is 77.0 Å². The summed E-state index contributed by atoms with van der Waals surface area (Å²) in [6.07, 6.45) is 4.83. The van der Waals surface area contributed by atoms with Crippen molar-refractivity contribution < 1.29 is 0 Å². The van der Waals surface area contributed by atoms with Gasteiger partial charge in [0.25, 0.3) is 0 Å². The lowest BCUT2D eigenvalue weighted by Crippen LogP contribution is -2.22. The van der Waals surface area contributed by atoms with Gasteiger partial charge in [0.05, 0.1) is 5.02 Å². The van der Waals surface area contributed by atoms with Crippen molar-refractivity contribution in [1.29, 1.82) is 0 Å². The van der Waals surface area contributed by atoms with E-state index < -0.39 is 0 Å². The van der Waals surface area contributed by atoms with Crippen LogP contribution in [0.15, 0.2) is 12.4 Å². The van der Waals surface area contributed by atoms with Gasteiger partial charge < -0.3 is 5.73 Å². The van der Waals surface area contributed by atoms with Crippen molar-refractivity contribution >= 4 is 11.6 Å². The number of nitrogens with two attached hydrogens (primary N) is 1. The summed E-state index contributed by atoms with van der Waals surface area (Å²) >= 11 is 5.63. The Hall–Kier alpha value is -0.670. The number of aromatic nitrogens is 2. The molecule has 0 saturated heterocycles. The number of hydrogen-bond acceptors (Lipinski definition) is 3. The summed E-state index contributed by atoms with van der Waals surface area (Å²) in [6, 6.07) is 0.145. The van der Waals surface area contributed by atoms with Crippen molar-refractivity contribution in [3.63, 3.8) is 0 Å². The zero-order chi connectivity index (χ0) is 8.97. The van der Waals surface area contributed by atoms with Crippen LogP contribution in [0.4, 0.5) is 0 Å². The van der Waals surface area contributed by atoms with Crippen molar-refractivity contribution in [3.8, 4) is 0 Å². The van der Waals surface area contributed by atoms with E-state index >= 15 is 0 Å². The molecule has 0 radical (unpaired) electrons. The average Bonchev–Trinajstić information content (AvgIpc) is 2.09. The number of rotatable bonds is 3. The second-order valence-corrected chi connectivity index (χ2v) is 3.13. The van der Waals surface area contributed by atoms with Gasteiger partial charge in [-0.1, -0.05) is 18.5 Å². The molecule has 0 aliphatic rings. The molecular weight excluding hydrogens is 174 g/mol. The Bertz CT molecular complexity index is 235. The highest BCUT2D eigenvalue weighted by molar-refractivity contribution is 6.30. The van der Waals surface area contributed by atoms with Gasteiger partial charge in [0.15, 0.2) is 0 Å². The highest BCUT2D eigenvalue weighted by Crippen LogP contribution is 2.04. The first-order chi connectivity index (χ1) is 5.72. The molecule has 0 aliphatic carbocycles. The van der Waals surface area contributed by atoms with Crippen LogP contribution in [0, 0.1) is 0 Å². The molecule has 1 aromatic heterocycles. The molecule has 4 heteroatoms. The third-order valence-electron chi connectivity index (χ3n) is 1.64. The molecule has 0 bridgehead atoms. The lowest BCUT2D eigenvalue weighted by atomic mass is 10.1. The molecular formula is C8H12ClN3. The van der Waals surface area contributed by atoms with Crippen LogP contribution in [0.25, 0.3) is 0 Å². The van der Waals surface area contributed by atoms with E-state index in [4.69, 9.17) is 17.3 Å². The summed E-state index contributed by atoms with van der Waals surface area (Å²) in [7, 11) is 0. The summed E-state index contributed by atoms with van der Waals surface area (Å²) in [5, 5.41) is 0.559. The number of nitrogens with zero attached hydrogens (tertiary/aromatic N) is 2. The van der Waals surface area contributed by atoms with Gasteiger partial charge in [-0.15, -0.1) is 0 Å². The molecule has 1 aromatic rings. The molecule has 2 N–H and O–H groups in total. The predicted molar refractivity (Wildman–Crippen MR) is 49.0 cm³/mol. The molecule has 0 aromatic carbocycles. The van der Waals surface area contributed by atoms with Gasteiger partial charge in [-0.25, -0.2) is 9.97 Å². The SMILES string of the molecule is CCC(N)Cc1ncc(Cl)cn1. The third-order valence-corrected chi connectivity index (χ3v) is 1.84. The van der Waals surface area contributed by atoms with Gasteiger partial charge in [0.2, 0.25) is 0 Å². The molecule has 3 nitrogen and oxygen atoms in total. The Morgan fingerprint density at radius 2 is 2.08 bits per heavy atom. The third kappa shape index (κ3) is 2.75. The van der Waals surface area contributed by atoms with Gasteiger partial charge in [-0.3, -0.25) is 0 Å². The van der Waals surface area contributed by atoms with Gasteiger partial charge in [-0.05, 0) is 6.42 Å². The van der Waals surface area contributed by atoms with Crippen LogP contribution in [0.3, 0.4) is 0 Å². The summed E-state index contributed by atoms with van der Waals surface area (Å²) in [5.74, 6) is 0.758. The van der Waals surface area contributed by atoms with Crippen LogP contribution < -0.4 is 5.73 Å². The van der Waals surface area contributed by atoms with Crippen molar-refractivity contribution in [3.05, 3.63) is 23.2 Å². The van der Waals surface area contributed by atoms with E-state index in [2.05, 4.69) is 9.97 Å². The molecule has 0 amide bonds. The van der Waals surface area contributed by atoms with Crippen LogP contribution in [-0.4, -0.2) is 16.0 Å². The topological polar surface area (TPSA) is 51.8 Å². The summed E-state index contributed by atoms with van der Waals surface area (Å²) < 4.78 is 0. The maximum absolute atomic E-state index is 5.73. The van der Waals surface area contributed by atoms with Crippen molar-refractivity contribution in [2.75, 3.05) is 0 Å². The molecule has 12 heavy (non-hydrogen) atoms. The minimum atomic E-state index is 0.145. The average molecular weight is 186 g/mol. The summed E-state index contributed by atoms with van der Waals surface area (Å²) in [5.41, 5.74) is 5.73. The molecule has 1 rings (SSSR count). The zero-order valence-electron chi connectivity index (χ0n) is 7.00. The molecule has 0 spiro atoms. The minimum absolute atomic E-state index is 0.145. The Morgan fingerprint density at radius 3 is 2.58 bits per heavy atom. The van der Waals surface area contributed by atoms with E-state index in [0.29, 0.717) is 11.4 Å². The standard InChI is InChI=1S/C8H12ClN3/c1-2-7(10)3-8-11-4-6(9)5-12-8/h4-5,7H,2-3,10H2,1H3. The second-order valence-electron chi connectivity index (χ2n) is 2.69. The van der Waals surface area contributed by atoms with E-state index in [1.165, 1.54) is 0 Å². The van der Waals surface area contributed by atoms with Crippen LogP contribution in [-0.2, 0) is 6.42 Å². The van der Waals surface area contributed by atoms with Crippen LogP contribution >= 0.6 is 11.6 Å². The summed E-state index contributed by atoms with van der Waals surface area (Å²) in [4.78, 5) is 8.09. The molecule has 1 unspecified atom stereocenters. The quantitative estimate of drug-likeness (QED) is 0.775. The van der Waals surface area contributed by atoms with Crippen molar-refractivity contribution in [2.45, 2.75) is 25.8 Å². The highest BCUT2D eigenvalue weighted by Gasteiger charge is 2.02. The lowest BCUT2D eigenvalue weighted by molar-refractivity contribution is 0.624. The van der Waals surface area contributed by atoms with E-state index in [9.17, 15) is 0 Å². The van der Waals surface area contributed by atoms with E-state index in [0.717, 1.165) is 12.2 Å². The first kappa shape index (κ1) is 9.42. The van der Waals surface area contributed by atoms with Crippen LogP contribution in [0.5, 0.6) is 0 Å². The fourth-order valence-corrected chi connectivity index (χ4v) is 0.921. The highest BCUT2D eigenvalue weighted by atomic mass is 35.5. The van der Waals surface area contributed by atoms with E-state index in [1.54, 1.807) is 12.4 Å². The van der Waals surface area contributed by atoms with Gasteiger partial charge in [-0.2, -0.15) is 0 Å². The minimum Gasteiger partial charge on any atom is -0.327 e. The first-order valence-electron chi connectivity index (χ1n) is 3.94.